The number of anilines is 1. The molecule has 0 saturated carbocycles. The fourth-order valence-corrected chi connectivity index (χ4v) is 2.77. The van der Waals surface area contributed by atoms with Crippen molar-refractivity contribution < 1.29 is 18.9 Å². The molecule has 0 bridgehead atoms. The Hall–Kier alpha value is -3.00. The van der Waals surface area contributed by atoms with Crippen LogP contribution in [0.5, 0.6) is 17.2 Å². The van der Waals surface area contributed by atoms with Crippen LogP contribution in [0.25, 0.3) is 16.9 Å². The third kappa shape index (κ3) is 3.23. The van der Waals surface area contributed by atoms with Gasteiger partial charge in [-0.3, -0.25) is 9.38 Å². The minimum atomic E-state index is 0.540. The van der Waals surface area contributed by atoms with Crippen molar-refractivity contribution in [3.8, 4) is 28.5 Å². The molecule has 8 nitrogen and oxygen atoms in total. The summed E-state index contributed by atoms with van der Waals surface area (Å²) in [6, 6.07) is 3.75. The fraction of sp³-hybridized carbons (Fsp3) is 0.333. The first-order valence-electron chi connectivity index (χ1n) is 8.08. The van der Waals surface area contributed by atoms with E-state index >= 15 is 0 Å². The average molecular weight is 358 g/mol. The van der Waals surface area contributed by atoms with Crippen molar-refractivity contribution in [1.29, 1.82) is 0 Å². The lowest BCUT2D eigenvalue weighted by Gasteiger charge is -2.14. The van der Waals surface area contributed by atoms with E-state index < -0.39 is 0 Å². The summed E-state index contributed by atoms with van der Waals surface area (Å²) >= 11 is 0. The lowest BCUT2D eigenvalue weighted by atomic mass is 10.1. The smallest absolute Gasteiger partial charge is 0.203 e. The van der Waals surface area contributed by atoms with E-state index in [-0.39, 0.29) is 0 Å². The third-order valence-electron chi connectivity index (χ3n) is 3.97. The van der Waals surface area contributed by atoms with Crippen LogP contribution in [0.1, 0.15) is 0 Å². The molecule has 2 aromatic heterocycles. The summed E-state index contributed by atoms with van der Waals surface area (Å²) in [5.74, 6) is 2.52. The molecule has 0 aliphatic heterocycles. The number of ether oxygens (including phenoxy) is 4. The summed E-state index contributed by atoms with van der Waals surface area (Å²) in [6.45, 7) is 1.22. The van der Waals surface area contributed by atoms with Gasteiger partial charge in [-0.2, -0.15) is 0 Å². The van der Waals surface area contributed by atoms with Gasteiger partial charge in [-0.15, -0.1) is 0 Å². The van der Waals surface area contributed by atoms with Crippen molar-refractivity contribution >= 4 is 11.5 Å². The van der Waals surface area contributed by atoms with Gasteiger partial charge < -0.3 is 24.3 Å². The number of nitrogens with one attached hydrogen (secondary N) is 1. The summed E-state index contributed by atoms with van der Waals surface area (Å²) in [5, 5.41) is 3.37. The highest BCUT2D eigenvalue weighted by Gasteiger charge is 2.19. The maximum absolute atomic E-state index is 5.46. The summed E-state index contributed by atoms with van der Waals surface area (Å²) < 4.78 is 23.4. The zero-order valence-electron chi connectivity index (χ0n) is 15.3. The molecule has 0 radical (unpaired) electrons. The molecule has 0 aliphatic carbocycles. The van der Waals surface area contributed by atoms with E-state index in [0.29, 0.717) is 30.4 Å². The van der Waals surface area contributed by atoms with E-state index in [1.807, 2.05) is 22.7 Å². The summed E-state index contributed by atoms with van der Waals surface area (Å²) in [4.78, 5) is 8.86. The minimum absolute atomic E-state index is 0.540. The topological polar surface area (TPSA) is 79.1 Å². The second kappa shape index (κ2) is 7.92. The second-order valence-corrected chi connectivity index (χ2v) is 5.45. The molecule has 0 fully saturated rings. The predicted octanol–water partition coefficient (Wildman–Crippen LogP) is 2.48. The monoisotopic (exact) mass is 358 g/mol. The number of hydrogen-bond acceptors (Lipinski definition) is 7. The van der Waals surface area contributed by atoms with Gasteiger partial charge in [0, 0.05) is 31.6 Å². The van der Waals surface area contributed by atoms with Gasteiger partial charge in [0.05, 0.1) is 34.1 Å². The normalized spacial score (nSPS) is 10.8. The molecule has 26 heavy (non-hydrogen) atoms. The zero-order valence-corrected chi connectivity index (χ0v) is 15.3. The maximum atomic E-state index is 5.46. The van der Waals surface area contributed by atoms with Crippen LogP contribution in [0.2, 0.25) is 0 Å². The fourth-order valence-electron chi connectivity index (χ4n) is 2.77. The van der Waals surface area contributed by atoms with Gasteiger partial charge in [-0.1, -0.05) is 0 Å². The molecule has 138 valence electrons. The van der Waals surface area contributed by atoms with Crippen LogP contribution in [0.4, 0.5) is 5.82 Å². The van der Waals surface area contributed by atoms with Crippen LogP contribution in [0.3, 0.4) is 0 Å². The van der Waals surface area contributed by atoms with E-state index in [9.17, 15) is 0 Å². The zero-order chi connectivity index (χ0) is 18.5. The van der Waals surface area contributed by atoms with Crippen LogP contribution >= 0.6 is 0 Å². The number of aromatic nitrogens is 3. The lowest BCUT2D eigenvalue weighted by molar-refractivity contribution is 0.210. The molecule has 0 spiro atoms. The number of benzene rings is 1. The van der Waals surface area contributed by atoms with Gasteiger partial charge in [-0.25, -0.2) is 4.98 Å². The Labute approximate surface area is 151 Å². The molecule has 1 aromatic carbocycles. The van der Waals surface area contributed by atoms with Crippen molar-refractivity contribution in [1.82, 2.24) is 14.4 Å². The molecule has 0 amide bonds. The van der Waals surface area contributed by atoms with Gasteiger partial charge in [0.25, 0.3) is 0 Å². The predicted molar refractivity (Wildman–Crippen MR) is 98.4 cm³/mol. The van der Waals surface area contributed by atoms with Crippen LogP contribution in [-0.4, -0.2) is 56.0 Å². The Morgan fingerprint density at radius 1 is 1.04 bits per heavy atom. The molecule has 8 heteroatoms. The molecule has 2 heterocycles. The van der Waals surface area contributed by atoms with E-state index in [2.05, 4.69) is 10.3 Å². The van der Waals surface area contributed by atoms with Crippen molar-refractivity contribution in [3.05, 3.63) is 30.7 Å². The average Bonchev–Trinajstić information content (AvgIpc) is 3.05. The first kappa shape index (κ1) is 17.8. The highest BCUT2D eigenvalue weighted by molar-refractivity contribution is 5.79. The molecular weight excluding hydrogens is 336 g/mol. The van der Waals surface area contributed by atoms with Crippen molar-refractivity contribution in [2.75, 3.05) is 46.9 Å². The number of nitrogens with zero attached hydrogens (tertiary/aromatic N) is 3. The molecule has 0 unspecified atom stereocenters. The summed E-state index contributed by atoms with van der Waals surface area (Å²) in [5.41, 5.74) is 2.33. The number of methoxy groups -OCH3 is 4. The van der Waals surface area contributed by atoms with E-state index in [0.717, 1.165) is 22.7 Å². The number of rotatable bonds is 8. The van der Waals surface area contributed by atoms with Crippen molar-refractivity contribution in [3.63, 3.8) is 0 Å². The Balaban J connectivity index is 2.16. The molecule has 1 N–H and O–H groups in total. The van der Waals surface area contributed by atoms with Gasteiger partial charge >= 0.3 is 0 Å². The number of hydrogen-bond donors (Lipinski definition) is 1. The first-order chi connectivity index (χ1) is 12.7. The van der Waals surface area contributed by atoms with Crippen LogP contribution in [-0.2, 0) is 4.74 Å². The van der Waals surface area contributed by atoms with Gasteiger partial charge in [0.15, 0.2) is 17.1 Å². The van der Waals surface area contributed by atoms with Gasteiger partial charge in [-0.05, 0) is 12.1 Å². The van der Waals surface area contributed by atoms with Crippen LogP contribution < -0.4 is 19.5 Å². The standard InChI is InChI=1S/C18H22N4O4/c1-23-8-6-20-18-16(21-15-11-19-5-7-22(15)18)12-9-13(24-2)17(26-4)14(10-12)25-3/h5,7,9-11,20H,6,8H2,1-4H3. The van der Waals surface area contributed by atoms with Crippen molar-refractivity contribution in [2.24, 2.45) is 0 Å². The SMILES string of the molecule is COCCNc1c(-c2cc(OC)c(OC)c(OC)c2)nc2cnccn12. The largest absolute Gasteiger partial charge is 0.493 e. The van der Waals surface area contributed by atoms with E-state index in [1.165, 1.54) is 0 Å². The van der Waals surface area contributed by atoms with Crippen LogP contribution in [0.15, 0.2) is 30.7 Å². The Morgan fingerprint density at radius 2 is 1.77 bits per heavy atom. The Bertz CT molecular complexity index is 869. The minimum Gasteiger partial charge on any atom is -0.493 e. The summed E-state index contributed by atoms with van der Waals surface area (Å²) in [7, 11) is 6.42. The molecule has 3 rings (SSSR count). The highest BCUT2D eigenvalue weighted by atomic mass is 16.5. The Morgan fingerprint density at radius 3 is 2.38 bits per heavy atom. The lowest BCUT2D eigenvalue weighted by Crippen LogP contribution is -2.10. The van der Waals surface area contributed by atoms with E-state index in [4.69, 9.17) is 23.9 Å². The number of imidazole rings is 1. The Kier molecular flexibility index (Phi) is 5.43. The van der Waals surface area contributed by atoms with Crippen LogP contribution in [0, 0.1) is 0 Å². The summed E-state index contributed by atoms with van der Waals surface area (Å²) in [6.07, 6.45) is 5.29. The van der Waals surface area contributed by atoms with Gasteiger partial charge in [0.1, 0.15) is 11.5 Å². The first-order valence-corrected chi connectivity index (χ1v) is 8.08. The second-order valence-electron chi connectivity index (χ2n) is 5.45. The molecular formula is C18H22N4O4. The molecule has 3 aromatic rings. The van der Waals surface area contributed by atoms with Gasteiger partial charge in [0.2, 0.25) is 5.75 Å². The maximum Gasteiger partial charge on any atom is 0.203 e. The molecule has 0 atom stereocenters. The number of fused-ring (bicyclic) bond motifs is 1. The highest BCUT2D eigenvalue weighted by Crippen LogP contribution is 2.42. The molecule has 0 aliphatic rings. The quantitative estimate of drug-likeness (QED) is 0.620. The van der Waals surface area contributed by atoms with Crippen molar-refractivity contribution in [2.45, 2.75) is 0 Å². The van der Waals surface area contributed by atoms with E-state index in [1.54, 1.807) is 40.8 Å². The molecule has 0 saturated heterocycles. The third-order valence-corrected chi connectivity index (χ3v) is 3.97.